The molecule has 0 saturated heterocycles. The van der Waals surface area contributed by atoms with Gasteiger partial charge in [-0.1, -0.05) is 0 Å². The molecule has 1 rings (SSSR count). The Morgan fingerprint density at radius 3 is 2.75 bits per heavy atom. The monoisotopic (exact) mass is 117 g/mol. The van der Waals surface area contributed by atoms with Crippen LogP contribution in [0.5, 0.6) is 0 Å². The quantitative estimate of drug-likeness (QED) is 0.471. The van der Waals surface area contributed by atoms with E-state index >= 15 is 0 Å². The van der Waals surface area contributed by atoms with Gasteiger partial charge < -0.3 is 5.32 Å². The normalized spacial score (nSPS) is 26.8. The summed E-state index contributed by atoms with van der Waals surface area (Å²) in [6, 6.07) is 0. The van der Waals surface area contributed by atoms with Gasteiger partial charge in [0, 0.05) is 12.3 Å². The van der Waals surface area contributed by atoms with E-state index in [9.17, 15) is 8.78 Å². The molecule has 1 heterocycles. The number of rotatable bonds is 0. The van der Waals surface area contributed by atoms with E-state index in [2.05, 4.69) is 5.32 Å². The highest BCUT2D eigenvalue weighted by molar-refractivity contribution is 5.11. The fourth-order valence-corrected chi connectivity index (χ4v) is 0.463. The Morgan fingerprint density at radius 2 is 2.38 bits per heavy atom. The minimum atomic E-state index is -1.27. The van der Waals surface area contributed by atoms with Gasteiger partial charge in [-0.25, -0.2) is 4.39 Å². The summed E-state index contributed by atoms with van der Waals surface area (Å²) in [7, 11) is 0. The number of hydrogen-bond acceptors (Lipinski definition) is 1. The molecule has 0 saturated carbocycles. The SMILES string of the molecule is FC1=CC(F)C=CN1. The summed E-state index contributed by atoms with van der Waals surface area (Å²) in [5.74, 6) is -0.625. The average molecular weight is 117 g/mol. The van der Waals surface area contributed by atoms with Crippen LogP contribution in [0.1, 0.15) is 0 Å². The van der Waals surface area contributed by atoms with Crippen molar-refractivity contribution in [2.75, 3.05) is 0 Å². The summed E-state index contributed by atoms with van der Waals surface area (Å²) in [5, 5.41) is 2.19. The predicted molar refractivity (Wildman–Crippen MR) is 26.4 cm³/mol. The summed E-state index contributed by atoms with van der Waals surface area (Å²) in [4.78, 5) is 0. The molecule has 0 aromatic heterocycles. The van der Waals surface area contributed by atoms with E-state index in [0.29, 0.717) is 0 Å². The van der Waals surface area contributed by atoms with Crippen molar-refractivity contribution in [2.45, 2.75) is 6.17 Å². The van der Waals surface area contributed by atoms with Crippen molar-refractivity contribution >= 4 is 0 Å². The highest BCUT2D eigenvalue weighted by Gasteiger charge is 2.03. The standard InChI is InChI=1S/C5H5F2N/c6-4-1-2-8-5(7)3-4/h1-4,8H. The van der Waals surface area contributed by atoms with Crippen molar-refractivity contribution in [2.24, 2.45) is 0 Å². The van der Waals surface area contributed by atoms with E-state index in [4.69, 9.17) is 0 Å². The number of dihydropyridines is 1. The lowest BCUT2D eigenvalue weighted by atomic mass is 10.3. The molecule has 1 nitrogen and oxygen atoms in total. The molecule has 3 heteroatoms. The zero-order chi connectivity index (χ0) is 5.98. The molecule has 1 N–H and O–H groups in total. The van der Waals surface area contributed by atoms with Crippen molar-refractivity contribution in [1.29, 1.82) is 0 Å². The first-order valence-electron chi connectivity index (χ1n) is 2.23. The lowest BCUT2D eigenvalue weighted by Crippen LogP contribution is -2.08. The number of allylic oxidation sites excluding steroid dienone is 2. The zero-order valence-corrected chi connectivity index (χ0v) is 4.07. The second-order valence-corrected chi connectivity index (χ2v) is 1.46. The molecule has 0 aromatic rings. The van der Waals surface area contributed by atoms with Gasteiger partial charge in [-0.15, -0.1) is 0 Å². The fourth-order valence-electron chi connectivity index (χ4n) is 0.463. The molecule has 0 radical (unpaired) electrons. The topological polar surface area (TPSA) is 12.0 Å². The van der Waals surface area contributed by atoms with Gasteiger partial charge in [-0.2, -0.15) is 4.39 Å². The van der Waals surface area contributed by atoms with Gasteiger partial charge in [0.15, 0.2) is 5.95 Å². The third kappa shape index (κ3) is 1.05. The molecule has 0 bridgehead atoms. The first-order chi connectivity index (χ1) is 3.79. The molecular weight excluding hydrogens is 112 g/mol. The predicted octanol–water partition coefficient (Wildman–Crippen LogP) is 1.25. The molecule has 44 valence electrons. The minimum Gasteiger partial charge on any atom is -0.339 e. The molecule has 8 heavy (non-hydrogen) atoms. The number of halogens is 2. The van der Waals surface area contributed by atoms with E-state index in [0.717, 1.165) is 6.08 Å². The van der Waals surface area contributed by atoms with Crippen molar-refractivity contribution in [3.63, 3.8) is 0 Å². The van der Waals surface area contributed by atoms with E-state index < -0.39 is 12.1 Å². The highest BCUT2D eigenvalue weighted by Crippen LogP contribution is 2.04. The third-order valence-electron chi connectivity index (χ3n) is 0.807. The van der Waals surface area contributed by atoms with Crippen molar-refractivity contribution in [3.05, 3.63) is 24.3 Å². The van der Waals surface area contributed by atoms with Gasteiger partial charge >= 0.3 is 0 Å². The van der Waals surface area contributed by atoms with Crippen molar-refractivity contribution in [3.8, 4) is 0 Å². The largest absolute Gasteiger partial charge is 0.339 e. The minimum absolute atomic E-state index is 0.625. The van der Waals surface area contributed by atoms with Gasteiger partial charge in [-0.3, -0.25) is 0 Å². The molecular formula is C5H5F2N. The van der Waals surface area contributed by atoms with E-state index in [-0.39, 0.29) is 0 Å². The Balaban J connectivity index is 2.60. The van der Waals surface area contributed by atoms with Crippen LogP contribution in [0.25, 0.3) is 0 Å². The molecule has 1 atom stereocenters. The van der Waals surface area contributed by atoms with E-state index in [1.807, 2.05) is 0 Å². The molecule has 0 fully saturated rings. The third-order valence-corrected chi connectivity index (χ3v) is 0.807. The van der Waals surface area contributed by atoms with Gasteiger partial charge in [0.1, 0.15) is 6.17 Å². The highest BCUT2D eigenvalue weighted by atomic mass is 19.1. The van der Waals surface area contributed by atoms with E-state index in [1.165, 1.54) is 12.3 Å². The molecule has 1 aliphatic rings. The Morgan fingerprint density at radius 1 is 1.62 bits per heavy atom. The Labute approximate surface area is 45.7 Å². The summed E-state index contributed by atoms with van der Waals surface area (Å²) < 4.78 is 23.9. The lowest BCUT2D eigenvalue weighted by molar-refractivity contribution is 0.441. The second-order valence-electron chi connectivity index (χ2n) is 1.46. The van der Waals surface area contributed by atoms with Gasteiger partial charge in [-0.05, 0) is 6.08 Å². The summed E-state index contributed by atoms with van der Waals surface area (Å²) in [6.45, 7) is 0. The van der Waals surface area contributed by atoms with Crippen molar-refractivity contribution < 1.29 is 8.78 Å². The Bertz CT molecular complexity index is 139. The maximum Gasteiger partial charge on any atom is 0.190 e. The molecule has 0 aliphatic carbocycles. The molecule has 0 aromatic carbocycles. The Hall–Kier alpha value is -0.860. The second kappa shape index (κ2) is 1.94. The van der Waals surface area contributed by atoms with Crippen LogP contribution in [0.15, 0.2) is 24.3 Å². The van der Waals surface area contributed by atoms with Crippen LogP contribution in [0, 0.1) is 0 Å². The number of nitrogens with one attached hydrogen (secondary N) is 1. The van der Waals surface area contributed by atoms with Crippen LogP contribution in [-0.2, 0) is 0 Å². The van der Waals surface area contributed by atoms with Crippen LogP contribution < -0.4 is 5.32 Å². The molecule has 0 amide bonds. The fraction of sp³-hybridized carbons (Fsp3) is 0.200. The zero-order valence-electron chi connectivity index (χ0n) is 4.07. The van der Waals surface area contributed by atoms with E-state index in [1.54, 1.807) is 0 Å². The smallest absolute Gasteiger partial charge is 0.190 e. The van der Waals surface area contributed by atoms with Gasteiger partial charge in [0.25, 0.3) is 0 Å². The first kappa shape index (κ1) is 5.28. The lowest BCUT2D eigenvalue weighted by Gasteiger charge is -2.03. The van der Waals surface area contributed by atoms with Crippen LogP contribution >= 0.6 is 0 Å². The van der Waals surface area contributed by atoms with Gasteiger partial charge in [0.05, 0.1) is 0 Å². The maximum atomic E-state index is 12.0. The van der Waals surface area contributed by atoms with Crippen molar-refractivity contribution in [1.82, 2.24) is 5.32 Å². The van der Waals surface area contributed by atoms with Crippen LogP contribution in [0.4, 0.5) is 8.78 Å². The summed E-state index contributed by atoms with van der Waals surface area (Å²) >= 11 is 0. The van der Waals surface area contributed by atoms with Gasteiger partial charge in [0.2, 0.25) is 0 Å². The summed E-state index contributed by atoms with van der Waals surface area (Å²) in [6.07, 6.45) is 2.06. The molecule has 1 unspecified atom stereocenters. The molecule has 1 aliphatic heterocycles. The number of hydrogen-bond donors (Lipinski definition) is 1. The average Bonchev–Trinajstić information content (AvgIpc) is 1.64. The maximum absolute atomic E-state index is 12.0. The van der Waals surface area contributed by atoms with Crippen LogP contribution in [0.3, 0.4) is 0 Å². The number of alkyl halides is 1. The van der Waals surface area contributed by atoms with Crippen LogP contribution in [0.2, 0.25) is 0 Å². The first-order valence-corrected chi connectivity index (χ1v) is 2.23. The Kier molecular flexibility index (Phi) is 1.28. The molecule has 0 spiro atoms. The summed E-state index contributed by atoms with van der Waals surface area (Å²) in [5.41, 5.74) is 0. The van der Waals surface area contributed by atoms with Crippen LogP contribution in [-0.4, -0.2) is 6.17 Å².